The van der Waals surface area contributed by atoms with E-state index in [1.807, 2.05) is 26.0 Å². The molecule has 10 heteroatoms. The minimum atomic E-state index is -0.187. The number of aromatic nitrogens is 5. The molecule has 32 heavy (non-hydrogen) atoms. The summed E-state index contributed by atoms with van der Waals surface area (Å²) in [7, 11) is 0. The van der Waals surface area contributed by atoms with Gasteiger partial charge in [-0.2, -0.15) is 5.10 Å². The van der Waals surface area contributed by atoms with Crippen molar-refractivity contribution in [3.63, 3.8) is 0 Å². The van der Waals surface area contributed by atoms with Gasteiger partial charge in [0.15, 0.2) is 5.65 Å². The first-order chi connectivity index (χ1) is 15.3. The summed E-state index contributed by atoms with van der Waals surface area (Å²) in [4.78, 5) is 24.8. The average Bonchev–Trinajstić information content (AvgIpc) is 3.24. The normalized spacial score (nSPS) is 11.2. The van der Waals surface area contributed by atoms with Crippen LogP contribution in [-0.4, -0.2) is 36.4 Å². The number of hydrogen-bond donors (Lipinski definition) is 1. The lowest BCUT2D eigenvalue weighted by Crippen LogP contribution is -2.28. The van der Waals surface area contributed by atoms with Crippen LogP contribution < -0.4 is 11.0 Å². The van der Waals surface area contributed by atoms with Gasteiger partial charge >= 0.3 is 5.69 Å². The quantitative estimate of drug-likeness (QED) is 0.417. The van der Waals surface area contributed by atoms with Gasteiger partial charge in [0.1, 0.15) is 0 Å². The summed E-state index contributed by atoms with van der Waals surface area (Å²) in [5, 5.41) is 12.7. The van der Waals surface area contributed by atoms with Crippen LogP contribution in [0.2, 0.25) is 10.0 Å². The van der Waals surface area contributed by atoms with E-state index in [1.165, 1.54) is 9.08 Å². The van der Waals surface area contributed by atoms with Crippen LogP contribution in [0.1, 0.15) is 23.4 Å². The molecule has 0 spiro atoms. The summed E-state index contributed by atoms with van der Waals surface area (Å²) in [6.45, 7) is 4.66. The Labute approximate surface area is 194 Å². The van der Waals surface area contributed by atoms with Crippen molar-refractivity contribution in [2.24, 2.45) is 0 Å². The second-order valence-corrected chi connectivity index (χ2v) is 8.29. The van der Waals surface area contributed by atoms with Crippen molar-refractivity contribution in [2.75, 3.05) is 6.54 Å². The summed E-state index contributed by atoms with van der Waals surface area (Å²) in [5.41, 5.74) is 3.71. The first-order valence-corrected chi connectivity index (χ1v) is 10.9. The van der Waals surface area contributed by atoms with E-state index in [2.05, 4.69) is 15.5 Å². The van der Waals surface area contributed by atoms with E-state index in [1.54, 1.807) is 35.1 Å². The largest absolute Gasteiger partial charge is 0.356 e. The summed E-state index contributed by atoms with van der Waals surface area (Å²) in [5.74, 6) is -0.104. The molecule has 166 valence electrons. The van der Waals surface area contributed by atoms with Crippen molar-refractivity contribution >= 4 is 34.8 Å². The maximum atomic E-state index is 12.5. The predicted octanol–water partition coefficient (Wildman–Crippen LogP) is 3.35. The zero-order chi connectivity index (χ0) is 22.8. The molecule has 0 aliphatic heterocycles. The molecule has 4 aromatic rings. The number of halogens is 2. The fourth-order valence-electron chi connectivity index (χ4n) is 3.59. The Hall–Kier alpha value is -3.10. The molecule has 1 amide bonds. The smallest absolute Gasteiger partial charge is 0.350 e. The van der Waals surface area contributed by atoms with Gasteiger partial charge in [0.05, 0.1) is 27.8 Å². The third kappa shape index (κ3) is 4.42. The van der Waals surface area contributed by atoms with E-state index in [0.29, 0.717) is 35.2 Å². The zero-order valence-corrected chi connectivity index (χ0v) is 19.2. The lowest BCUT2D eigenvalue weighted by atomic mass is 10.1. The Morgan fingerprint density at radius 3 is 2.66 bits per heavy atom. The number of amides is 1. The minimum Gasteiger partial charge on any atom is -0.356 e. The average molecular weight is 473 g/mol. The van der Waals surface area contributed by atoms with E-state index in [9.17, 15) is 9.59 Å². The van der Waals surface area contributed by atoms with Gasteiger partial charge < -0.3 is 5.32 Å². The van der Waals surface area contributed by atoms with Gasteiger partial charge in [-0.1, -0.05) is 29.3 Å². The first-order valence-electron chi connectivity index (χ1n) is 10.2. The molecule has 0 saturated heterocycles. The molecule has 3 aromatic heterocycles. The van der Waals surface area contributed by atoms with Gasteiger partial charge in [-0.15, -0.1) is 5.10 Å². The molecule has 0 atom stereocenters. The van der Waals surface area contributed by atoms with Gasteiger partial charge in [-0.25, -0.2) is 14.2 Å². The van der Waals surface area contributed by atoms with Gasteiger partial charge in [0, 0.05) is 30.5 Å². The number of benzene rings is 1. The molecule has 0 saturated carbocycles. The molecule has 0 bridgehead atoms. The summed E-state index contributed by atoms with van der Waals surface area (Å²) in [6, 6.07) is 10.7. The van der Waals surface area contributed by atoms with E-state index in [-0.39, 0.29) is 18.0 Å². The molecular weight excluding hydrogens is 451 g/mol. The maximum absolute atomic E-state index is 12.5. The van der Waals surface area contributed by atoms with E-state index in [4.69, 9.17) is 23.2 Å². The standard InChI is InChI=1S/C22H22Cl2N6O2/c1-14-17(15(2)30(26-14)16-7-8-18(23)19(24)12-16)13-21(31)25-9-5-11-29-22(32)28-10-4-3-6-20(28)27-29/h3-4,6-8,10,12H,5,9,11,13H2,1-2H3,(H,25,31). The van der Waals surface area contributed by atoms with Crippen molar-refractivity contribution in [1.82, 2.24) is 29.3 Å². The predicted molar refractivity (Wildman–Crippen MR) is 124 cm³/mol. The van der Waals surface area contributed by atoms with E-state index < -0.39 is 0 Å². The Morgan fingerprint density at radius 2 is 1.91 bits per heavy atom. The van der Waals surface area contributed by atoms with Crippen LogP contribution in [0.5, 0.6) is 0 Å². The number of nitrogens with zero attached hydrogens (tertiary/aromatic N) is 5. The summed E-state index contributed by atoms with van der Waals surface area (Å²) >= 11 is 12.1. The van der Waals surface area contributed by atoms with E-state index >= 15 is 0 Å². The van der Waals surface area contributed by atoms with Crippen LogP contribution in [0.15, 0.2) is 47.4 Å². The third-order valence-electron chi connectivity index (χ3n) is 5.28. The Balaban J connectivity index is 1.36. The molecule has 1 N–H and O–H groups in total. The molecule has 1 aromatic carbocycles. The third-order valence-corrected chi connectivity index (χ3v) is 6.02. The van der Waals surface area contributed by atoms with Crippen LogP contribution in [-0.2, 0) is 17.8 Å². The number of hydrogen-bond acceptors (Lipinski definition) is 4. The topological polar surface area (TPSA) is 86.2 Å². The Morgan fingerprint density at radius 1 is 1.09 bits per heavy atom. The molecule has 0 aliphatic carbocycles. The second-order valence-electron chi connectivity index (χ2n) is 7.47. The number of carbonyl (C=O) groups excluding carboxylic acids is 1. The summed E-state index contributed by atoms with van der Waals surface area (Å²) in [6.07, 6.45) is 2.50. The highest BCUT2D eigenvalue weighted by molar-refractivity contribution is 6.42. The van der Waals surface area contributed by atoms with Crippen molar-refractivity contribution in [1.29, 1.82) is 0 Å². The number of carbonyl (C=O) groups is 1. The van der Waals surface area contributed by atoms with Crippen LogP contribution in [0.4, 0.5) is 0 Å². The highest BCUT2D eigenvalue weighted by atomic mass is 35.5. The number of rotatable bonds is 7. The molecule has 0 radical (unpaired) electrons. The molecule has 0 fully saturated rings. The van der Waals surface area contributed by atoms with Crippen molar-refractivity contribution in [3.05, 3.63) is 80.1 Å². The highest BCUT2D eigenvalue weighted by Gasteiger charge is 2.16. The molecule has 0 unspecified atom stereocenters. The molecule has 0 aliphatic rings. The second kappa shape index (κ2) is 9.18. The fourth-order valence-corrected chi connectivity index (χ4v) is 3.88. The van der Waals surface area contributed by atoms with Crippen LogP contribution >= 0.6 is 23.2 Å². The maximum Gasteiger partial charge on any atom is 0.350 e. The molecule has 3 heterocycles. The van der Waals surface area contributed by atoms with E-state index in [0.717, 1.165) is 22.6 Å². The van der Waals surface area contributed by atoms with Gasteiger partial charge in [-0.3, -0.25) is 9.20 Å². The minimum absolute atomic E-state index is 0.104. The Bertz CT molecular complexity index is 1350. The monoisotopic (exact) mass is 472 g/mol. The molecule has 8 nitrogen and oxygen atoms in total. The SMILES string of the molecule is Cc1nn(-c2ccc(Cl)c(Cl)c2)c(C)c1CC(=O)NCCCn1nc2ccccn2c1=O. The molecule has 4 rings (SSSR count). The van der Waals surface area contributed by atoms with Crippen LogP contribution in [0.3, 0.4) is 0 Å². The fraction of sp³-hybridized carbons (Fsp3) is 0.273. The van der Waals surface area contributed by atoms with Crippen molar-refractivity contribution < 1.29 is 4.79 Å². The first kappa shape index (κ1) is 22.1. The number of fused-ring (bicyclic) bond motifs is 1. The highest BCUT2D eigenvalue weighted by Crippen LogP contribution is 2.26. The van der Waals surface area contributed by atoms with Gasteiger partial charge in [0.25, 0.3) is 0 Å². The number of nitrogens with one attached hydrogen (secondary N) is 1. The van der Waals surface area contributed by atoms with Crippen LogP contribution in [0, 0.1) is 13.8 Å². The lowest BCUT2D eigenvalue weighted by Gasteiger charge is -2.08. The Kier molecular flexibility index (Phi) is 6.34. The lowest BCUT2D eigenvalue weighted by molar-refractivity contribution is -0.120. The van der Waals surface area contributed by atoms with Crippen molar-refractivity contribution in [3.8, 4) is 5.69 Å². The van der Waals surface area contributed by atoms with Crippen LogP contribution in [0.25, 0.3) is 11.3 Å². The summed E-state index contributed by atoms with van der Waals surface area (Å²) < 4.78 is 4.67. The number of pyridine rings is 1. The zero-order valence-electron chi connectivity index (χ0n) is 17.7. The molecular formula is C22H22Cl2N6O2. The van der Waals surface area contributed by atoms with Gasteiger partial charge in [-0.05, 0) is 50.6 Å². The van der Waals surface area contributed by atoms with Crippen molar-refractivity contribution in [2.45, 2.75) is 33.2 Å². The number of aryl methyl sites for hydroxylation is 2. The van der Waals surface area contributed by atoms with Gasteiger partial charge in [0.2, 0.25) is 5.91 Å².